The number of imidazole rings is 1. The van der Waals surface area contributed by atoms with E-state index in [9.17, 15) is 4.79 Å². The lowest BCUT2D eigenvalue weighted by Crippen LogP contribution is -2.06. The number of methoxy groups -OCH3 is 1. The lowest BCUT2D eigenvalue weighted by atomic mass is 10.0. The number of carbonyl (C=O) groups is 1. The first-order chi connectivity index (χ1) is 16.7. The van der Waals surface area contributed by atoms with E-state index in [-0.39, 0.29) is 12.1 Å². The van der Waals surface area contributed by atoms with Gasteiger partial charge in [-0.15, -0.1) is 0 Å². The molecule has 0 aliphatic carbocycles. The highest BCUT2D eigenvalue weighted by molar-refractivity contribution is 5.69. The van der Waals surface area contributed by atoms with Gasteiger partial charge in [-0.05, 0) is 43.0 Å². The number of carbonyl (C=O) groups excluding carboxylic acids is 1. The SMILES string of the molecule is COC(=O)CCCCC#Cc1ccccc1Cn1c(C)cnc1-c1ccc(C2CC=CO2)cc1. The van der Waals surface area contributed by atoms with Crippen LogP contribution in [0, 0.1) is 18.8 Å². The van der Waals surface area contributed by atoms with Crippen LogP contribution < -0.4 is 0 Å². The van der Waals surface area contributed by atoms with Crippen LogP contribution in [0.5, 0.6) is 0 Å². The Hall–Kier alpha value is -3.78. The van der Waals surface area contributed by atoms with E-state index in [1.807, 2.05) is 18.3 Å². The van der Waals surface area contributed by atoms with Crippen LogP contribution in [0.2, 0.25) is 0 Å². The minimum atomic E-state index is -0.164. The molecule has 1 aliphatic rings. The second-order valence-electron chi connectivity index (χ2n) is 8.41. The Morgan fingerprint density at radius 2 is 2.00 bits per heavy atom. The molecular weight excluding hydrogens is 424 g/mol. The summed E-state index contributed by atoms with van der Waals surface area (Å²) in [6.07, 6.45) is 9.65. The van der Waals surface area contributed by atoms with E-state index in [0.29, 0.717) is 13.0 Å². The fourth-order valence-corrected chi connectivity index (χ4v) is 4.03. The lowest BCUT2D eigenvalue weighted by molar-refractivity contribution is -0.140. The third kappa shape index (κ3) is 5.77. The fraction of sp³-hybridized carbons (Fsp3) is 0.310. The molecule has 4 rings (SSSR count). The molecule has 2 heterocycles. The molecule has 3 aromatic rings. The predicted molar refractivity (Wildman–Crippen MR) is 133 cm³/mol. The Kier molecular flexibility index (Phi) is 7.83. The highest BCUT2D eigenvalue weighted by atomic mass is 16.5. The Morgan fingerprint density at radius 3 is 2.76 bits per heavy atom. The summed E-state index contributed by atoms with van der Waals surface area (Å²) in [5, 5.41) is 0. The van der Waals surface area contributed by atoms with E-state index in [4.69, 9.17) is 9.72 Å². The Labute approximate surface area is 201 Å². The molecule has 5 nitrogen and oxygen atoms in total. The van der Waals surface area contributed by atoms with Crippen LogP contribution in [-0.2, 0) is 20.8 Å². The summed E-state index contributed by atoms with van der Waals surface area (Å²) in [6.45, 7) is 2.78. The molecule has 174 valence electrons. The van der Waals surface area contributed by atoms with E-state index >= 15 is 0 Å². The van der Waals surface area contributed by atoms with Crippen molar-refractivity contribution in [2.75, 3.05) is 7.11 Å². The number of rotatable bonds is 8. The molecule has 0 bridgehead atoms. The lowest BCUT2D eigenvalue weighted by Gasteiger charge is -2.14. The average molecular weight is 455 g/mol. The highest BCUT2D eigenvalue weighted by Gasteiger charge is 2.16. The van der Waals surface area contributed by atoms with Gasteiger partial charge in [0, 0.05) is 42.3 Å². The molecule has 0 N–H and O–H groups in total. The standard InChI is InChI=1S/C29H30N2O3/c1-22-20-30-29(25-17-15-24(16-18-25)27-13-9-19-34-27)31(22)21-26-12-8-7-11-23(26)10-5-3-4-6-14-28(32)33-2/h7-9,11-12,15-20,27H,3-4,6,13-14,21H2,1-2H3. The molecule has 0 spiro atoms. The summed E-state index contributed by atoms with van der Waals surface area (Å²) in [5.74, 6) is 7.37. The van der Waals surface area contributed by atoms with E-state index in [1.54, 1.807) is 6.26 Å². The molecule has 1 aliphatic heterocycles. The van der Waals surface area contributed by atoms with Crippen molar-refractivity contribution in [1.29, 1.82) is 0 Å². The minimum absolute atomic E-state index is 0.112. The van der Waals surface area contributed by atoms with Crippen molar-refractivity contribution in [1.82, 2.24) is 9.55 Å². The molecule has 0 radical (unpaired) electrons. The van der Waals surface area contributed by atoms with E-state index in [1.165, 1.54) is 12.7 Å². The maximum atomic E-state index is 11.2. The van der Waals surface area contributed by atoms with Gasteiger partial charge < -0.3 is 14.0 Å². The number of hydrogen-bond acceptors (Lipinski definition) is 4. The number of unbranched alkanes of at least 4 members (excludes halogenated alkanes) is 2. The van der Waals surface area contributed by atoms with Crippen molar-refractivity contribution < 1.29 is 14.3 Å². The second kappa shape index (κ2) is 11.4. The highest BCUT2D eigenvalue weighted by Crippen LogP contribution is 2.29. The monoisotopic (exact) mass is 454 g/mol. The normalized spacial score (nSPS) is 14.4. The first-order valence-corrected chi connectivity index (χ1v) is 11.7. The van der Waals surface area contributed by atoms with Crippen LogP contribution in [-0.4, -0.2) is 22.6 Å². The van der Waals surface area contributed by atoms with E-state index in [0.717, 1.165) is 53.9 Å². The van der Waals surface area contributed by atoms with Crippen molar-refractivity contribution in [3.05, 3.63) is 89.5 Å². The molecular formula is C29H30N2O3. The van der Waals surface area contributed by atoms with Gasteiger partial charge in [-0.25, -0.2) is 4.98 Å². The number of benzene rings is 2. The molecule has 0 amide bonds. The summed E-state index contributed by atoms with van der Waals surface area (Å²) in [6, 6.07) is 16.7. The molecule has 0 saturated carbocycles. The van der Waals surface area contributed by atoms with Gasteiger partial charge in [0.1, 0.15) is 11.9 Å². The smallest absolute Gasteiger partial charge is 0.305 e. The number of ether oxygens (including phenoxy) is 2. The minimum Gasteiger partial charge on any atom is -0.493 e. The Balaban J connectivity index is 1.47. The summed E-state index contributed by atoms with van der Waals surface area (Å²) in [7, 11) is 1.42. The maximum Gasteiger partial charge on any atom is 0.305 e. The Bertz CT molecular complexity index is 1200. The average Bonchev–Trinajstić information content (AvgIpc) is 3.53. The molecule has 0 saturated heterocycles. The van der Waals surface area contributed by atoms with Gasteiger partial charge >= 0.3 is 5.97 Å². The van der Waals surface area contributed by atoms with Crippen molar-refractivity contribution in [2.45, 2.75) is 51.7 Å². The third-order valence-electron chi connectivity index (χ3n) is 6.01. The molecule has 5 heteroatoms. The third-order valence-corrected chi connectivity index (χ3v) is 6.01. The van der Waals surface area contributed by atoms with Crippen LogP contribution in [0.1, 0.15) is 60.6 Å². The number of aromatic nitrogens is 2. The van der Waals surface area contributed by atoms with Gasteiger partial charge in [0.15, 0.2) is 0 Å². The molecule has 1 unspecified atom stereocenters. The first-order valence-electron chi connectivity index (χ1n) is 11.7. The maximum absolute atomic E-state index is 11.2. The van der Waals surface area contributed by atoms with Gasteiger partial charge in [0.05, 0.1) is 19.9 Å². The van der Waals surface area contributed by atoms with Crippen LogP contribution in [0.3, 0.4) is 0 Å². The number of aryl methyl sites for hydroxylation is 1. The van der Waals surface area contributed by atoms with Gasteiger partial charge in [0.2, 0.25) is 0 Å². The zero-order valence-electron chi connectivity index (χ0n) is 19.8. The Morgan fingerprint density at radius 1 is 1.18 bits per heavy atom. The van der Waals surface area contributed by atoms with Crippen LogP contribution in [0.15, 0.2) is 67.1 Å². The van der Waals surface area contributed by atoms with Crippen molar-refractivity contribution in [2.24, 2.45) is 0 Å². The topological polar surface area (TPSA) is 53.4 Å². The summed E-state index contributed by atoms with van der Waals surface area (Å²) >= 11 is 0. The fourth-order valence-electron chi connectivity index (χ4n) is 4.03. The largest absolute Gasteiger partial charge is 0.493 e. The summed E-state index contributed by atoms with van der Waals surface area (Å²) in [4.78, 5) is 15.9. The first kappa shape index (κ1) is 23.4. The predicted octanol–water partition coefficient (Wildman–Crippen LogP) is 5.97. The quantitative estimate of drug-likeness (QED) is 0.239. The summed E-state index contributed by atoms with van der Waals surface area (Å²) < 4.78 is 12.6. The molecule has 34 heavy (non-hydrogen) atoms. The van der Waals surface area contributed by atoms with Crippen molar-refractivity contribution in [3.8, 4) is 23.2 Å². The van der Waals surface area contributed by atoms with Gasteiger partial charge in [-0.1, -0.05) is 54.3 Å². The van der Waals surface area contributed by atoms with Gasteiger partial charge in [-0.3, -0.25) is 4.79 Å². The molecule has 1 atom stereocenters. The van der Waals surface area contributed by atoms with Crippen LogP contribution in [0.25, 0.3) is 11.4 Å². The second-order valence-corrected chi connectivity index (χ2v) is 8.41. The number of hydrogen-bond donors (Lipinski definition) is 0. The van der Waals surface area contributed by atoms with Crippen LogP contribution >= 0.6 is 0 Å². The van der Waals surface area contributed by atoms with Gasteiger partial charge in [0.25, 0.3) is 0 Å². The van der Waals surface area contributed by atoms with Crippen molar-refractivity contribution >= 4 is 5.97 Å². The molecule has 2 aromatic carbocycles. The van der Waals surface area contributed by atoms with Gasteiger partial charge in [-0.2, -0.15) is 0 Å². The molecule has 0 fully saturated rings. The summed E-state index contributed by atoms with van der Waals surface area (Å²) in [5.41, 5.74) is 5.55. The zero-order valence-corrected chi connectivity index (χ0v) is 19.8. The zero-order chi connectivity index (χ0) is 23.8. The van der Waals surface area contributed by atoms with Crippen LogP contribution in [0.4, 0.5) is 0 Å². The van der Waals surface area contributed by atoms with Crippen molar-refractivity contribution in [3.63, 3.8) is 0 Å². The van der Waals surface area contributed by atoms with E-state index in [2.05, 4.69) is 70.5 Å². The van der Waals surface area contributed by atoms with E-state index < -0.39 is 0 Å². The number of nitrogens with zero attached hydrogens (tertiary/aromatic N) is 2. The number of esters is 1. The molecule has 1 aromatic heterocycles.